The lowest BCUT2D eigenvalue weighted by Crippen LogP contribution is -2.07. The first-order valence-electron chi connectivity index (χ1n) is 10.0. The van der Waals surface area contributed by atoms with Crippen molar-refractivity contribution in [1.82, 2.24) is 9.97 Å². The van der Waals surface area contributed by atoms with Crippen LogP contribution in [0.4, 0.5) is 4.39 Å². The Bertz CT molecular complexity index is 1240. The van der Waals surface area contributed by atoms with Crippen LogP contribution in [0.5, 0.6) is 17.2 Å². The average molecular weight is 457 g/mol. The summed E-state index contributed by atoms with van der Waals surface area (Å²) >= 11 is 5.82. The minimum Gasteiger partial charge on any atom is -0.495 e. The number of ether oxygens (including phenoxy) is 3. The fraction of sp³-hybridized carbons (Fsp3) is 0.208. The first-order chi connectivity index (χ1) is 15.5. The van der Waals surface area contributed by atoms with Crippen molar-refractivity contribution in [3.63, 3.8) is 0 Å². The molecule has 166 valence electrons. The Kier molecular flexibility index (Phi) is 6.48. The van der Waals surface area contributed by atoms with Gasteiger partial charge < -0.3 is 24.3 Å². The zero-order chi connectivity index (χ0) is 22.7. The lowest BCUT2D eigenvalue weighted by Gasteiger charge is -2.19. The van der Waals surface area contributed by atoms with Crippen molar-refractivity contribution < 1.29 is 23.7 Å². The van der Waals surface area contributed by atoms with E-state index in [4.69, 9.17) is 25.8 Å². The number of nitrogens with one attached hydrogen (secondary N) is 1. The number of pyridine rings is 1. The van der Waals surface area contributed by atoms with Gasteiger partial charge in [0.15, 0.2) is 11.5 Å². The number of hydrogen-bond donors (Lipinski definition) is 2. The summed E-state index contributed by atoms with van der Waals surface area (Å²) in [6, 6.07) is 11.5. The molecule has 0 saturated carbocycles. The summed E-state index contributed by atoms with van der Waals surface area (Å²) in [6.45, 7) is 2.18. The highest BCUT2D eigenvalue weighted by Crippen LogP contribution is 2.40. The molecule has 2 aromatic heterocycles. The van der Waals surface area contributed by atoms with Crippen molar-refractivity contribution in [3.05, 3.63) is 82.4 Å². The highest BCUT2D eigenvalue weighted by atomic mass is 35.5. The van der Waals surface area contributed by atoms with E-state index in [1.807, 2.05) is 6.92 Å². The van der Waals surface area contributed by atoms with Gasteiger partial charge >= 0.3 is 0 Å². The van der Waals surface area contributed by atoms with Crippen LogP contribution in [0.25, 0.3) is 11.0 Å². The van der Waals surface area contributed by atoms with E-state index in [-0.39, 0.29) is 6.61 Å². The molecule has 4 rings (SSSR count). The Morgan fingerprint density at radius 1 is 1.16 bits per heavy atom. The maximum atomic E-state index is 14.2. The van der Waals surface area contributed by atoms with Gasteiger partial charge in [0.25, 0.3) is 0 Å². The zero-order valence-electron chi connectivity index (χ0n) is 17.6. The Balaban J connectivity index is 1.68. The molecule has 0 fully saturated rings. The van der Waals surface area contributed by atoms with Crippen LogP contribution < -0.4 is 14.2 Å². The molecular formula is C24H22ClFN2O4. The Labute approximate surface area is 189 Å². The van der Waals surface area contributed by atoms with Crippen LogP contribution >= 0.6 is 11.6 Å². The third-order valence-corrected chi connectivity index (χ3v) is 5.29. The van der Waals surface area contributed by atoms with Gasteiger partial charge in [0, 0.05) is 33.3 Å². The summed E-state index contributed by atoms with van der Waals surface area (Å²) in [7, 11) is 1.56. The van der Waals surface area contributed by atoms with Gasteiger partial charge in [0.2, 0.25) is 0 Å². The van der Waals surface area contributed by atoms with E-state index in [0.29, 0.717) is 51.2 Å². The van der Waals surface area contributed by atoms with Crippen molar-refractivity contribution in [3.8, 4) is 17.2 Å². The van der Waals surface area contributed by atoms with Gasteiger partial charge in [-0.1, -0.05) is 29.8 Å². The molecule has 1 atom stereocenters. The number of nitrogens with zero attached hydrogens (tertiary/aromatic N) is 1. The SMILES string of the molecule is CCOc1c(OCc2ccc(Cl)cc2F)cccc1C(O)c1c[nH]c2ncc(OC)cc12. The molecule has 0 saturated heterocycles. The number of aliphatic hydroxyl groups is 1. The molecule has 0 aliphatic carbocycles. The van der Waals surface area contributed by atoms with Gasteiger partial charge in [-0.25, -0.2) is 9.37 Å². The van der Waals surface area contributed by atoms with Crippen LogP contribution in [0.2, 0.25) is 5.02 Å². The van der Waals surface area contributed by atoms with E-state index >= 15 is 0 Å². The number of aromatic amines is 1. The third-order valence-electron chi connectivity index (χ3n) is 5.06. The van der Waals surface area contributed by atoms with Crippen molar-refractivity contribution in [1.29, 1.82) is 0 Å². The lowest BCUT2D eigenvalue weighted by atomic mass is 10.00. The van der Waals surface area contributed by atoms with Crippen LogP contribution in [-0.4, -0.2) is 28.8 Å². The van der Waals surface area contributed by atoms with E-state index in [1.165, 1.54) is 6.07 Å². The molecule has 4 aromatic rings. The molecule has 2 heterocycles. The first kappa shape index (κ1) is 21.9. The second kappa shape index (κ2) is 9.46. The molecule has 0 radical (unpaired) electrons. The summed E-state index contributed by atoms with van der Waals surface area (Å²) in [5.41, 5.74) is 2.12. The molecule has 0 spiro atoms. The van der Waals surface area contributed by atoms with E-state index in [0.717, 1.165) is 5.39 Å². The van der Waals surface area contributed by atoms with Crippen molar-refractivity contribution >= 4 is 22.6 Å². The second-order valence-corrected chi connectivity index (χ2v) is 7.49. The van der Waals surface area contributed by atoms with Gasteiger partial charge in [-0.3, -0.25) is 0 Å². The van der Waals surface area contributed by atoms with Gasteiger partial charge in [-0.05, 0) is 31.2 Å². The zero-order valence-corrected chi connectivity index (χ0v) is 18.3. The van der Waals surface area contributed by atoms with Gasteiger partial charge in [0.1, 0.15) is 29.9 Å². The summed E-state index contributed by atoms with van der Waals surface area (Å²) in [5.74, 6) is 0.917. The van der Waals surface area contributed by atoms with Crippen molar-refractivity contribution in [2.75, 3.05) is 13.7 Å². The number of H-pyrrole nitrogens is 1. The molecular weight excluding hydrogens is 435 g/mol. The molecule has 0 aliphatic heterocycles. The average Bonchev–Trinajstić information content (AvgIpc) is 3.22. The first-order valence-corrected chi connectivity index (χ1v) is 10.4. The monoisotopic (exact) mass is 456 g/mol. The number of aromatic nitrogens is 2. The summed E-state index contributed by atoms with van der Waals surface area (Å²) in [5, 5.41) is 12.3. The van der Waals surface area contributed by atoms with E-state index in [1.54, 1.807) is 55.9 Å². The van der Waals surface area contributed by atoms with Gasteiger partial charge in [0.05, 0.1) is 19.9 Å². The van der Waals surface area contributed by atoms with E-state index in [2.05, 4.69) is 9.97 Å². The highest BCUT2D eigenvalue weighted by Gasteiger charge is 2.23. The number of hydrogen-bond acceptors (Lipinski definition) is 5. The van der Waals surface area contributed by atoms with Crippen LogP contribution in [-0.2, 0) is 6.61 Å². The van der Waals surface area contributed by atoms with E-state index < -0.39 is 11.9 Å². The number of aliphatic hydroxyl groups excluding tert-OH is 1. The molecule has 32 heavy (non-hydrogen) atoms. The number of para-hydroxylation sites is 1. The number of fused-ring (bicyclic) bond motifs is 1. The Hall–Kier alpha value is -3.29. The van der Waals surface area contributed by atoms with Crippen LogP contribution in [0.15, 0.2) is 54.9 Å². The predicted octanol–water partition coefficient (Wildman–Crippen LogP) is 5.42. The number of methoxy groups -OCH3 is 1. The number of rotatable bonds is 8. The fourth-order valence-corrected chi connectivity index (χ4v) is 3.62. The lowest BCUT2D eigenvalue weighted by molar-refractivity contribution is 0.208. The van der Waals surface area contributed by atoms with Gasteiger partial charge in [-0.15, -0.1) is 0 Å². The third kappa shape index (κ3) is 4.35. The maximum absolute atomic E-state index is 14.2. The van der Waals surface area contributed by atoms with Crippen LogP contribution in [0, 0.1) is 5.82 Å². The Morgan fingerprint density at radius 2 is 2.00 bits per heavy atom. The summed E-state index contributed by atoms with van der Waals surface area (Å²) < 4.78 is 31.1. The van der Waals surface area contributed by atoms with Crippen LogP contribution in [0.1, 0.15) is 29.7 Å². The molecule has 0 bridgehead atoms. The second-order valence-electron chi connectivity index (χ2n) is 7.05. The molecule has 2 N–H and O–H groups in total. The fourth-order valence-electron chi connectivity index (χ4n) is 3.46. The van der Waals surface area contributed by atoms with Gasteiger partial charge in [-0.2, -0.15) is 0 Å². The maximum Gasteiger partial charge on any atom is 0.167 e. The minimum absolute atomic E-state index is 0.0170. The number of benzene rings is 2. The molecule has 0 amide bonds. The van der Waals surface area contributed by atoms with Crippen molar-refractivity contribution in [2.24, 2.45) is 0 Å². The molecule has 0 aliphatic rings. The topological polar surface area (TPSA) is 76.6 Å². The quantitative estimate of drug-likeness (QED) is 0.370. The smallest absolute Gasteiger partial charge is 0.167 e. The summed E-state index contributed by atoms with van der Waals surface area (Å²) in [6.07, 6.45) is 2.29. The molecule has 8 heteroatoms. The standard InChI is InChI=1S/C24H22ClFN2O4/c1-3-31-23-17(22(29)19-12-28-24-18(19)10-16(30-2)11-27-24)5-4-6-21(23)32-13-14-7-8-15(25)9-20(14)26/h4-12,22,29H,3,13H2,1-2H3,(H,27,28). The molecule has 6 nitrogen and oxygen atoms in total. The normalized spacial score (nSPS) is 12.0. The summed E-state index contributed by atoms with van der Waals surface area (Å²) in [4.78, 5) is 7.37. The van der Waals surface area contributed by atoms with E-state index in [9.17, 15) is 9.50 Å². The Morgan fingerprint density at radius 3 is 2.75 bits per heavy atom. The minimum atomic E-state index is -1.02. The van der Waals surface area contributed by atoms with Crippen LogP contribution in [0.3, 0.4) is 0 Å². The number of halogens is 2. The largest absolute Gasteiger partial charge is 0.495 e. The highest BCUT2D eigenvalue weighted by molar-refractivity contribution is 6.30. The molecule has 1 unspecified atom stereocenters. The molecule has 2 aromatic carbocycles. The van der Waals surface area contributed by atoms with Crippen molar-refractivity contribution in [2.45, 2.75) is 19.6 Å². The predicted molar refractivity (Wildman–Crippen MR) is 120 cm³/mol.